The van der Waals surface area contributed by atoms with Gasteiger partial charge in [0.05, 0.1) is 33.3 Å². The maximum Gasteiger partial charge on any atom is 0.184 e. The Balaban J connectivity index is 1.54. The van der Waals surface area contributed by atoms with Gasteiger partial charge in [-0.15, -0.1) is 0 Å². The van der Waals surface area contributed by atoms with Crippen LogP contribution in [-0.4, -0.2) is 28.7 Å². The number of carbonyl (C=O) groups is 1. The predicted molar refractivity (Wildman–Crippen MR) is 110 cm³/mol. The van der Waals surface area contributed by atoms with Gasteiger partial charge in [-0.3, -0.25) is 9.48 Å². The molecule has 0 aliphatic carbocycles. The second-order valence-corrected chi connectivity index (χ2v) is 8.80. The lowest BCUT2D eigenvalue weighted by molar-refractivity contribution is 0.0966. The summed E-state index contributed by atoms with van der Waals surface area (Å²) in [7, 11) is 0. The summed E-state index contributed by atoms with van der Waals surface area (Å²) in [5, 5.41) is 5.01. The summed E-state index contributed by atoms with van der Waals surface area (Å²) in [6, 6.07) is 5.20. The molecule has 29 heavy (non-hydrogen) atoms. The quantitative estimate of drug-likeness (QED) is 0.528. The van der Waals surface area contributed by atoms with Crippen LogP contribution in [0.1, 0.15) is 21.7 Å². The van der Waals surface area contributed by atoms with Crippen LogP contribution in [0.25, 0.3) is 11.3 Å². The lowest BCUT2D eigenvalue weighted by Gasteiger charge is -2.13. The molecule has 0 bridgehead atoms. The lowest BCUT2D eigenvalue weighted by atomic mass is 9.93. The summed E-state index contributed by atoms with van der Waals surface area (Å²) in [6.07, 6.45) is 2.25. The van der Waals surface area contributed by atoms with E-state index in [-0.39, 0.29) is 24.7 Å². The van der Waals surface area contributed by atoms with E-state index in [0.29, 0.717) is 35.1 Å². The second-order valence-electron chi connectivity index (χ2n) is 6.94. The van der Waals surface area contributed by atoms with E-state index in [2.05, 4.69) is 21.0 Å². The van der Waals surface area contributed by atoms with Crippen LogP contribution < -0.4 is 10.5 Å². The topological polar surface area (TPSA) is 70.1 Å². The van der Waals surface area contributed by atoms with Crippen LogP contribution in [0.15, 0.2) is 34.9 Å². The van der Waals surface area contributed by atoms with E-state index in [0.717, 1.165) is 21.8 Å². The van der Waals surface area contributed by atoms with Crippen molar-refractivity contribution in [2.45, 2.75) is 19.4 Å². The molecule has 4 rings (SSSR count). The number of hydrogen-bond donors (Lipinski definition) is 1. The van der Waals surface area contributed by atoms with Crippen LogP contribution in [0.4, 0.5) is 8.78 Å². The number of nitrogens with zero attached hydrogens (tertiary/aromatic N) is 2. The Bertz CT molecular complexity index is 1050. The predicted octanol–water partition coefficient (Wildman–Crippen LogP) is 4.44. The van der Waals surface area contributed by atoms with Gasteiger partial charge in [0.15, 0.2) is 10.8 Å². The van der Waals surface area contributed by atoms with Gasteiger partial charge in [0.1, 0.15) is 18.2 Å². The monoisotopic (exact) mass is 481 g/mol. The smallest absolute Gasteiger partial charge is 0.184 e. The molecule has 2 aromatic heterocycles. The zero-order valence-corrected chi connectivity index (χ0v) is 17.7. The van der Waals surface area contributed by atoms with Crippen LogP contribution in [0.3, 0.4) is 0 Å². The average Bonchev–Trinajstić information content (AvgIpc) is 3.19. The molecule has 0 radical (unpaired) electrons. The maximum atomic E-state index is 13.4. The molecule has 0 fully saturated rings. The van der Waals surface area contributed by atoms with E-state index >= 15 is 0 Å². The van der Waals surface area contributed by atoms with E-state index < -0.39 is 11.6 Å². The van der Waals surface area contributed by atoms with Crippen LogP contribution in [0, 0.1) is 17.6 Å². The number of Topliss-reactive ketones (excluding diaryl/α,β-unsaturated/α-hetero) is 1. The first-order valence-corrected chi connectivity index (χ1v) is 10.7. The average molecular weight is 482 g/mol. The van der Waals surface area contributed by atoms with Crippen LogP contribution in [0.2, 0.25) is 0 Å². The summed E-state index contributed by atoms with van der Waals surface area (Å²) in [5.74, 6) is -1.56. The number of rotatable bonds is 6. The Kier molecular flexibility index (Phi) is 5.80. The van der Waals surface area contributed by atoms with Crippen molar-refractivity contribution < 1.29 is 18.3 Å². The fourth-order valence-corrected chi connectivity index (χ4v) is 4.96. The minimum absolute atomic E-state index is 0.0683. The second kappa shape index (κ2) is 8.33. The van der Waals surface area contributed by atoms with Crippen molar-refractivity contribution in [3.05, 3.63) is 57.0 Å². The molecule has 0 saturated heterocycles. The molecule has 2 N–H and O–H groups in total. The van der Waals surface area contributed by atoms with Crippen molar-refractivity contribution >= 4 is 33.0 Å². The van der Waals surface area contributed by atoms with Crippen molar-refractivity contribution in [3.8, 4) is 16.3 Å². The van der Waals surface area contributed by atoms with E-state index in [9.17, 15) is 13.6 Å². The third-order valence-electron chi connectivity index (χ3n) is 4.81. The molecule has 1 aromatic carbocycles. The molecule has 1 unspecified atom stereocenters. The number of ketones is 1. The number of hydrogen-bond acceptors (Lipinski definition) is 5. The van der Waals surface area contributed by atoms with Crippen molar-refractivity contribution in [2.75, 3.05) is 13.2 Å². The van der Waals surface area contributed by atoms with Crippen molar-refractivity contribution in [3.63, 3.8) is 0 Å². The summed E-state index contributed by atoms with van der Waals surface area (Å²) < 4.78 is 35.4. The van der Waals surface area contributed by atoms with E-state index in [1.807, 2.05) is 10.7 Å². The SMILES string of the molecule is NCC(CC(=O)c1cc2c(s1)OCCn1ncc(Br)c1-2)Cc1cc(F)cc(F)c1. The number of halogens is 3. The largest absolute Gasteiger partial charge is 0.481 e. The molecule has 5 nitrogen and oxygen atoms in total. The highest BCUT2D eigenvalue weighted by atomic mass is 79.9. The Morgan fingerprint density at radius 3 is 2.79 bits per heavy atom. The third-order valence-corrected chi connectivity index (χ3v) is 6.48. The molecule has 0 saturated carbocycles. The minimum Gasteiger partial charge on any atom is -0.481 e. The fourth-order valence-electron chi connectivity index (χ4n) is 3.47. The molecule has 0 spiro atoms. The number of nitrogens with two attached hydrogens (primary N) is 1. The van der Waals surface area contributed by atoms with Crippen LogP contribution in [-0.2, 0) is 13.0 Å². The zero-order valence-electron chi connectivity index (χ0n) is 15.3. The summed E-state index contributed by atoms with van der Waals surface area (Å²) >= 11 is 4.81. The summed E-state index contributed by atoms with van der Waals surface area (Å²) in [4.78, 5) is 13.5. The fraction of sp³-hybridized carbons (Fsp3) is 0.300. The standard InChI is InChI=1S/C20H18BrF2N3O2S/c21-16-10-25-26-1-2-28-20-15(19(16)26)8-18(29-20)17(27)6-12(9-24)3-11-4-13(22)7-14(23)5-11/h4-5,7-8,10,12H,1-3,6,9,24H2. The molecule has 152 valence electrons. The van der Waals surface area contributed by atoms with Crippen LogP contribution >= 0.6 is 27.3 Å². The summed E-state index contributed by atoms with van der Waals surface area (Å²) in [6.45, 7) is 1.34. The number of thiophene rings is 1. The van der Waals surface area contributed by atoms with Gasteiger partial charge < -0.3 is 10.5 Å². The van der Waals surface area contributed by atoms with Crippen molar-refractivity contribution in [2.24, 2.45) is 11.7 Å². The zero-order chi connectivity index (χ0) is 20.5. The molecule has 1 atom stereocenters. The first-order chi connectivity index (χ1) is 13.9. The van der Waals surface area contributed by atoms with Crippen LogP contribution in [0.5, 0.6) is 5.06 Å². The molecular formula is C20H18BrF2N3O2S. The maximum absolute atomic E-state index is 13.4. The minimum atomic E-state index is -0.636. The Morgan fingerprint density at radius 2 is 2.07 bits per heavy atom. The molecular weight excluding hydrogens is 464 g/mol. The molecule has 1 aliphatic rings. The highest BCUT2D eigenvalue weighted by Gasteiger charge is 2.25. The van der Waals surface area contributed by atoms with Gasteiger partial charge in [0, 0.05) is 12.5 Å². The van der Waals surface area contributed by atoms with Gasteiger partial charge in [-0.2, -0.15) is 5.10 Å². The highest BCUT2D eigenvalue weighted by molar-refractivity contribution is 9.10. The van der Waals surface area contributed by atoms with Crippen molar-refractivity contribution in [1.29, 1.82) is 0 Å². The number of aromatic nitrogens is 2. The van der Waals surface area contributed by atoms with Gasteiger partial charge >= 0.3 is 0 Å². The Morgan fingerprint density at radius 1 is 1.31 bits per heavy atom. The normalized spacial score (nSPS) is 13.9. The van der Waals surface area contributed by atoms with Gasteiger partial charge in [0.2, 0.25) is 0 Å². The number of carbonyl (C=O) groups excluding carboxylic acids is 1. The van der Waals surface area contributed by atoms with Gasteiger partial charge in [-0.05, 0) is 58.6 Å². The van der Waals surface area contributed by atoms with E-state index in [4.69, 9.17) is 10.5 Å². The lowest BCUT2D eigenvalue weighted by Crippen LogP contribution is -2.20. The molecule has 1 aliphatic heterocycles. The molecule has 3 aromatic rings. The van der Waals surface area contributed by atoms with Gasteiger partial charge in [-0.1, -0.05) is 11.3 Å². The van der Waals surface area contributed by atoms with Gasteiger partial charge in [0.25, 0.3) is 0 Å². The molecule has 9 heteroatoms. The highest BCUT2D eigenvalue weighted by Crippen LogP contribution is 2.43. The number of ether oxygens (including phenoxy) is 1. The number of benzene rings is 1. The first kappa shape index (κ1) is 20.2. The molecule has 3 heterocycles. The third kappa shape index (κ3) is 4.26. The Hall–Kier alpha value is -2.10. The Labute approximate surface area is 178 Å². The number of fused-ring (bicyclic) bond motifs is 3. The van der Waals surface area contributed by atoms with Crippen molar-refractivity contribution in [1.82, 2.24) is 9.78 Å². The first-order valence-electron chi connectivity index (χ1n) is 9.11. The molecule has 0 amide bonds. The van der Waals surface area contributed by atoms with E-state index in [1.54, 1.807) is 6.20 Å². The van der Waals surface area contributed by atoms with Gasteiger partial charge in [-0.25, -0.2) is 8.78 Å². The van der Waals surface area contributed by atoms with E-state index in [1.165, 1.54) is 23.5 Å². The summed E-state index contributed by atoms with van der Waals surface area (Å²) in [5.41, 5.74) is 8.04.